The van der Waals surface area contributed by atoms with Crippen LogP contribution >= 0.6 is 0 Å². The molecule has 2 rings (SSSR count). The predicted molar refractivity (Wildman–Crippen MR) is 67.9 cm³/mol. The topological polar surface area (TPSA) is 61.2 Å². The van der Waals surface area contributed by atoms with Gasteiger partial charge in [0.2, 0.25) is 0 Å². The van der Waals surface area contributed by atoms with E-state index in [9.17, 15) is 4.79 Å². The quantitative estimate of drug-likeness (QED) is 0.886. The van der Waals surface area contributed by atoms with E-state index in [-0.39, 0.29) is 11.7 Å². The minimum atomic E-state index is -0.289. The van der Waals surface area contributed by atoms with Gasteiger partial charge in [0.05, 0.1) is 17.4 Å². The maximum atomic E-state index is 11.7. The number of aromatic nitrogens is 1. The Kier molecular flexibility index (Phi) is 3.07. The summed E-state index contributed by atoms with van der Waals surface area (Å²) in [5, 5.41) is 0.612. The zero-order valence-corrected chi connectivity index (χ0v) is 10.4. The van der Waals surface area contributed by atoms with Gasteiger partial charge in [-0.25, -0.2) is 9.53 Å². The first-order valence-corrected chi connectivity index (χ1v) is 5.89. The minimum Gasteiger partial charge on any atom is -0.335 e. The van der Waals surface area contributed by atoms with Crippen molar-refractivity contribution in [2.24, 2.45) is 11.7 Å². The van der Waals surface area contributed by atoms with Gasteiger partial charge in [-0.2, -0.15) is 0 Å². The van der Waals surface area contributed by atoms with Crippen LogP contribution in [-0.4, -0.2) is 4.74 Å². The van der Waals surface area contributed by atoms with Crippen molar-refractivity contribution in [2.75, 3.05) is 0 Å². The SMILES string of the molecule is CC(C)Cn1oc(=O)c2cccc(C(C)N)c21. The maximum Gasteiger partial charge on any atom is 0.365 e. The minimum absolute atomic E-state index is 0.117. The normalized spacial score (nSPS) is 13.5. The van der Waals surface area contributed by atoms with Gasteiger partial charge in [-0.15, -0.1) is 0 Å². The highest BCUT2D eigenvalue weighted by molar-refractivity contribution is 5.81. The second kappa shape index (κ2) is 4.37. The Morgan fingerprint density at radius 3 is 2.65 bits per heavy atom. The lowest BCUT2D eigenvalue weighted by Gasteiger charge is -2.11. The second-order valence-electron chi connectivity index (χ2n) is 4.87. The van der Waals surface area contributed by atoms with Crippen LogP contribution in [0.3, 0.4) is 0 Å². The number of hydrogen-bond acceptors (Lipinski definition) is 3. The molecule has 1 unspecified atom stereocenters. The third-order valence-corrected chi connectivity index (χ3v) is 2.75. The molecule has 0 spiro atoms. The average Bonchev–Trinajstić information content (AvgIpc) is 2.55. The third kappa shape index (κ3) is 2.13. The molecule has 0 aliphatic rings. The van der Waals surface area contributed by atoms with Crippen molar-refractivity contribution in [1.29, 1.82) is 0 Å². The molecule has 1 heterocycles. The lowest BCUT2D eigenvalue weighted by molar-refractivity contribution is 0.237. The van der Waals surface area contributed by atoms with Gasteiger partial charge in [0.15, 0.2) is 0 Å². The van der Waals surface area contributed by atoms with Crippen molar-refractivity contribution in [3.63, 3.8) is 0 Å². The number of hydrogen-bond donors (Lipinski definition) is 1. The summed E-state index contributed by atoms with van der Waals surface area (Å²) in [5.41, 5.74) is 7.43. The monoisotopic (exact) mass is 234 g/mol. The first-order chi connectivity index (χ1) is 8.00. The molecule has 1 aromatic heterocycles. The molecule has 1 aromatic carbocycles. The number of fused-ring (bicyclic) bond motifs is 1. The van der Waals surface area contributed by atoms with E-state index in [2.05, 4.69) is 13.8 Å². The Labute approximate surface area is 100.0 Å². The summed E-state index contributed by atoms with van der Waals surface area (Å²) in [6.07, 6.45) is 0. The summed E-state index contributed by atoms with van der Waals surface area (Å²) in [6, 6.07) is 5.45. The van der Waals surface area contributed by atoms with Crippen LogP contribution in [0.1, 0.15) is 32.4 Å². The molecule has 0 amide bonds. The van der Waals surface area contributed by atoms with E-state index < -0.39 is 0 Å². The first-order valence-electron chi connectivity index (χ1n) is 5.89. The van der Waals surface area contributed by atoms with Crippen molar-refractivity contribution in [3.8, 4) is 0 Å². The van der Waals surface area contributed by atoms with E-state index in [1.807, 2.05) is 19.1 Å². The zero-order valence-electron chi connectivity index (χ0n) is 10.4. The number of rotatable bonds is 3. The molecule has 0 saturated carbocycles. The van der Waals surface area contributed by atoms with Crippen LogP contribution in [-0.2, 0) is 6.54 Å². The molecular formula is C13H18N2O2. The van der Waals surface area contributed by atoms with Gasteiger partial charge in [-0.3, -0.25) is 0 Å². The molecule has 0 aliphatic heterocycles. The molecule has 1 atom stereocenters. The Morgan fingerprint density at radius 2 is 2.06 bits per heavy atom. The van der Waals surface area contributed by atoms with Gasteiger partial charge in [0.25, 0.3) is 0 Å². The molecule has 0 saturated heterocycles. The molecule has 17 heavy (non-hydrogen) atoms. The van der Waals surface area contributed by atoms with Crippen LogP contribution in [0, 0.1) is 5.92 Å². The largest absolute Gasteiger partial charge is 0.365 e. The number of benzene rings is 1. The highest BCUT2D eigenvalue weighted by Crippen LogP contribution is 2.22. The van der Waals surface area contributed by atoms with Crippen LogP contribution in [0.15, 0.2) is 27.5 Å². The molecule has 2 N–H and O–H groups in total. The van der Waals surface area contributed by atoms with E-state index in [1.165, 1.54) is 0 Å². The predicted octanol–water partition coefficient (Wildman–Crippen LogP) is 2.27. The Balaban J connectivity index is 2.72. The summed E-state index contributed by atoms with van der Waals surface area (Å²) in [6.45, 7) is 6.76. The van der Waals surface area contributed by atoms with Crippen LogP contribution in [0.5, 0.6) is 0 Å². The Bertz CT molecular complexity index is 579. The van der Waals surface area contributed by atoms with Crippen LogP contribution < -0.4 is 11.4 Å². The van der Waals surface area contributed by atoms with Crippen LogP contribution in [0.2, 0.25) is 0 Å². The standard InChI is InChI=1S/C13H18N2O2/c1-8(2)7-15-12-10(9(3)14)5-4-6-11(12)13(16)17-15/h4-6,8-9H,7,14H2,1-3H3. The summed E-state index contributed by atoms with van der Waals surface area (Å²) in [7, 11) is 0. The molecular weight excluding hydrogens is 216 g/mol. The number of nitrogens with two attached hydrogens (primary N) is 1. The lowest BCUT2D eigenvalue weighted by Crippen LogP contribution is -2.09. The van der Waals surface area contributed by atoms with Crippen LogP contribution in [0.25, 0.3) is 10.9 Å². The number of para-hydroxylation sites is 1. The van der Waals surface area contributed by atoms with Crippen molar-refractivity contribution in [2.45, 2.75) is 33.4 Å². The molecule has 0 bridgehead atoms. The van der Waals surface area contributed by atoms with Gasteiger partial charge in [-0.05, 0) is 24.5 Å². The molecule has 4 nitrogen and oxygen atoms in total. The second-order valence-corrected chi connectivity index (χ2v) is 4.87. The molecule has 4 heteroatoms. The fourth-order valence-corrected chi connectivity index (χ4v) is 2.03. The summed E-state index contributed by atoms with van der Waals surface area (Å²) in [5.74, 6) is 0.412. The molecule has 0 fully saturated rings. The lowest BCUT2D eigenvalue weighted by atomic mass is 10.1. The highest BCUT2D eigenvalue weighted by atomic mass is 16.5. The van der Waals surface area contributed by atoms with Crippen molar-refractivity contribution < 1.29 is 4.52 Å². The van der Waals surface area contributed by atoms with E-state index in [1.54, 1.807) is 10.8 Å². The van der Waals surface area contributed by atoms with Gasteiger partial charge in [0, 0.05) is 6.04 Å². The van der Waals surface area contributed by atoms with E-state index in [0.717, 1.165) is 11.1 Å². The average molecular weight is 234 g/mol. The van der Waals surface area contributed by atoms with E-state index in [0.29, 0.717) is 17.8 Å². The van der Waals surface area contributed by atoms with Crippen LogP contribution in [0.4, 0.5) is 0 Å². The smallest absolute Gasteiger partial charge is 0.335 e. The van der Waals surface area contributed by atoms with E-state index >= 15 is 0 Å². The van der Waals surface area contributed by atoms with Crippen molar-refractivity contribution in [1.82, 2.24) is 4.74 Å². The fourth-order valence-electron chi connectivity index (χ4n) is 2.03. The van der Waals surface area contributed by atoms with Gasteiger partial charge in [0.1, 0.15) is 0 Å². The van der Waals surface area contributed by atoms with Crippen molar-refractivity contribution in [3.05, 3.63) is 34.2 Å². The summed E-state index contributed by atoms with van der Waals surface area (Å²) in [4.78, 5) is 11.7. The van der Waals surface area contributed by atoms with E-state index in [4.69, 9.17) is 10.3 Å². The molecule has 0 radical (unpaired) electrons. The Hall–Kier alpha value is -1.55. The number of nitrogens with zero attached hydrogens (tertiary/aromatic N) is 1. The molecule has 2 aromatic rings. The van der Waals surface area contributed by atoms with Gasteiger partial charge in [-0.1, -0.05) is 26.0 Å². The maximum absolute atomic E-state index is 11.7. The van der Waals surface area contributed by atoms with Gasteiger partial charge >= 0.3 is 5.63 Å². The first kappa shape index (κ1) is 11.9. The zero-order chi connectivity index (χ0) is 12.6. The Morgan fingerprint density at radius 1 is 1.35 bits per heavy atom. The van der Waals surface area contributed by atoms with Crippen molar-refractivity contribution >= 4 is 10.9 Å². The molecule has 0 aliphatic carbocycles. The van der Waals surface area contributed by atoms with Gasteiger partial charge < -0.3 is 10.3 Å². The fraction of sp³-hybridized carbons (Fsp3) is 0.462. The summed E-state index contributed by atoms with van der Waals surface area (Å²) < 4.78 is 6.94. The molecule has 92 valence electrons. The highest BCUT2D eigenvalue weighted by Gasteiger charge is 2.15. The third-order valence-electron chi connectivity index (χ3n) is 2.75. The summed E-state index contributed by atoms with van der Waals surface area (Å²) >= 11 is 0.